The van der Waals surface area contributed by atoms with Gasteiger partial charge in [0.15, 0.2) is 11.5 Å². The maximum absolute atomic E-state index is 12.2. The standard InChI is InChI=1S/C6H3BrF2N4/c7-3-2-5(11-1-10-3)13-6(12-2)4(8)9/h1,4H,(H,10,11,12,13). The third-order valence-corrected chi connectivity index (χ3v) is 2.07. The van der Waals surface area contributed by atoms with Crippen LogP contribution in [0.15, 0.2) is 10.9 Å². The van der Waals surface area contributed by atoms with Crippen LogP contribution in [0.2, 0.25) is 0 Å². The van der Waals surface area contributed by atoms with E-state index in [0.717, 1.165) is 0 Å². The number of aromatic amines is 1. The van der Waals surface area contributed by atoms with Crippen LogP contribution in [0.4, 0.5) is 8.78 Å². The van der Waals surface area contributed by atoms with Gasteiger partial charge >= 0.3 is 0 Å². The highest BCUT2D eigenvalue weighted by atomic mass is 79.9. The predicted octanol–water partition coefficient (Wildman–Crippen LogP) is 2.05. The Bertz CT molecular complexity index is 441. The number of hydrogen-bond donors (Lipinski definition) is 1. The van der Waals surface area contributed by atoms with Gasteiger partial charge in [-0.2, -0.15) is 0 Å². The molecule has 0 saturated carbocycles. The van der Waals surface area contributed by atoms with E-state index in [1.54, 1.807) is 0 Å². The summed E-state index contributed by atoms with van der Waals surface area (Å²) in [6.45, 7) is 0. The summed E-state index contributed by atoms with van der Waals surface area (Å²) in [4.78, 5) is 13.5. The molecular formula is C6H3BrF2N4. The number of aromatic nitrogens is 4. The average Bonchev–Trinajstić information content (AvgIpc) is 2.49. The fourth-order valence-electron chi connectivity index (χ4n) is 0.921. The van der Waals surface area contributed by atoms with Crippen molar-refractivity contribution in [2.45, 2.75) is 6.43 Å². The second-order valence-corrected chi connectivity index (χ2v) is 3.04. The van der Waals surface area contributed by atoms with E-state index in [2.05, 4.69) is 35.9 Å². The third kappa shape index (κ3) is 1.39. The maximum Gasteiger partial charge on any atom is 0.295 e. The quantitative estimate of drug-likeness (QED) is 0.787. The van der Waals surface area contributed by atoms with Crippen molar-refractivity contribution < 1.29 is 8.78 Å². The Kier molecular flexibility index (Phi) is 1.95. The van der Waals surface area contributed by atoms with Crippen molar-refractivity contribution in [2.24, 2.45) is 0 Å². The van der Waals surface area contributed by atoms with Gasteiger partial charge < -0.3 is 4.98 Å². The summed E-state index contributed by atoms with van der Waals surface area (Å²) in [6, 6.07) is 0. The molecule has 0 bridgehead atoms. The van der Waals surface area contributed by atoms with Gasteiger partial charge in [0.05, 0.1) is 0 Å². The van der Waals surface area contributed by atoms with Crippen LogP contribution < -0.4 is 0 Å². The lowest BCUT2D eigenvalue weighted by atomic mass is 10.6. The molecule has 0 fully saturated rings. The SMILES string of the molecule is FC(F)c1nc2ncnc(Br)c2[nH]1. The van der Waals surface area contributed by atoms with Gasteiger partial charge in [-0.05, 0) is 15.9 Å². The van der Waals surface area contributed by atoms with Crippen molar-refractivity contribution in [1.82, 2.24) is 19.9 Å². The first kappa shape index (κ1) is 8.49. The summed E-state index contributed by atoms with van der Waals surface area (Å²) >= 11 is 3.09. The van der Waals surface area contributed by atoms with Gasteiger partial charge in [-0.1, -0.05) is 0 Å². The summed E-state index contributed by atoms with van der Waals surface area (Å²) in [5.41, 5.74) is 0.620. The zero-order chi connectivity index (χ0) is 9.42. The van der Waals surface area contributed by atoms with Gasteiger partial charge in [0.1, 0.15) is 16.4 Å². The van der Waals surface area contributed by atoms with Crippen molar-refractivity contribution in [1.29, 1.82) is 0 Å². The first-order chi connectivity index (χ1) is 6.18. The molecule has 0 aromatic carbocycles. The molecule has 0 unspecified atom stereocenters. The average molecular weight is 249 g/mol. The van der Waals surface area contributed by atoms with Crippen LogP contribution >= 0.6 is 15.9 Å². The van der Waals surface area contributed by atoms with Gasteiger partial charge in [-0.25, -0.2) is 23.7 Å². The second kappa shape index (κ2) is 2.99. The molecule has 2 aromatic rings. The first-order valence-corrected chi connectivity index (χ1v) is 4.12. The van der Waals surface area contributed by atoms with E-state index in [1.165, 1.54) is 6.33 Å². The van der Waals surface area contributed by atoms with Crippen molar-refractivity contribution in [2.75, 3.05) is 0 Å². The molecule has 2 aromatic heterocycles. The summed E-state index contributed by atoms with van der Waals surface area (Å²) < 4.78 is 24.8. The minimum Gasteiger partial charge on any atom is -0.334 e. The van der Waals surface area contributed by atoms with Crippen LogP contribution in [0.25, 0.3) is 11.2 Å². The van der Waals surface area contributed by atoms with E-state index < -0.39 is 12.2 Å². The number of H-pyrrole nitrogens is 1. The molecule has 0 atom stereocenters. The number of halogens is 3. The van der Waals surface area contributed by atoms with Crippen LogP contribution in [0, 0.1) is 0 Å². The summed E-state index contributed by atoms with van der Waals surface area (Å²) in [6.07, 6.45) is -1.37. The predicted molar refractivity (Wildman–Crippen MR) is 44.3 cm³/mol. The molecule has 0 spiro atoms. The van der Waals surface area contributed by atoms with E-state index in [1.807, 2.05) is 0 Å². The number of imidazole rings is 1. The Labute approximate surface area is 79.5 Å². The molecule has 13 heavy (non-hydrogen) atoms. The van der Waals surface area contributed by atoms with Gasteiger partial charge in [-0.15, -0.1) is 0 Å². The lowest BCUT2D eigenvalue weighted by Crippen LogP contribution is -1.85. The lowest BCUT2D eigenvalue weighted by Gasteiger charge is -1.89. The molecule has 7 heteroatoms. The molecule has 2 rings (SSSR count). The van der Waals surface area contributed by atoms with Crippen LogP contribution in [0.5, 0.6) is 0 Å². The number of nitrogens with zero attached hydrogens (tertiary/aromatic N) is 3. The van der Waals surface area contributed by atoms with Crippen molar-refractivity contribution in [3.8, 4) is 0 Å². The van der Waals surface area contributed by atoms with Crippen molar-refractivity contribution >= 4 is 27.1 Å². The molecule has 0 aliphatic carbocycles. The maximum atomic E-state index is 12.2. The third-order valence-electron chi connectivity index (χ3n) is 1.47. The Morgan fingerprint density at radius 2 is 2.15 bits per heavy atom. The highest BCUT2D eigenvalue weighted by molar-refractivity contribution is 9.10. The monoisotopic (exact) mass is 248 g/mol. The van der Waals surface area contributed by atoms with Crippen LogP contribution in [-0.2, 0) is 0 Å². The van der Waals surface area contributed by atoms with Gasteiger partial charge in [-0.3, -0.25) is 0 Å². The van der Waals surface area contributed by atoms with E-state index in [4.69, 9.17) is 0 Å². The molecule has 0 radical (unpaired) electrons. The Morgan fingerprint density at radius 1 is 1.38 bits per heavy atom. The molecule has 68 valence electrons. The molecule has 4 nitrogen and oxygen atoms in total. The topological polar surface area (TPSA) is 54.5 Å². The second-order valence-electron chi connectivity index (χ2n) is 2.29. The normalized spacial score (nSPS) is 11.4. The van der Waals surface area contributed by atoms with E-state index in [0.29, 0.717) is 10.1 Å². The number of nitrogens with one attached hydrogen (secondary N) is 1. The van der Waals surface area contributed by atoms with Gasteiger partial charge in [0.25, 0.3) is 6.43 Å². The smallest absolute Gasteiger partial charge is 0.295 e. The number of hydrogen-bond acceptors (Lipinski definition) is 3. The number of rotatable bonds is 1. The fourth-order valence-corrected chi connectivity index (χ4v) is 1.29. The zero-order valence-electron chi connectivity index (χ0n) is 6.13. The van der Waals surface area contributed by atoms with Gasteiger partial charge in [0.2, 0.25) is 0 Å². The molecule has 0 aliphatic rings. The Morgan fingerprint density at radius 3 is 2.77 bits per heavy atom. The highest BCUT2D eigenvalue weighted by Crippen LogP contribution is 2.21. The number of fused-ring (bicyclic) bond motifs is 1. The lowest BCUT2D eigenvalue weighted by molar-refractivity contribution is 0.142. The van der Waals surface area contributed by atoms with Crippen LogP contribution in [0.1, 0.15) is 12.2 Å². The molecule has 0 saturated heterocycles. The van der Waals surface area contributed by atoms with Gasteiger partial charge in [0, 0.05) is 0 Å². The van der Waals surface area contributed by atoms with Crippen LogP contribution in [0.3, 0.4) is 0 Å². The summed E-state index contributed by atoms with van der Waals surface area (Å²) in [5, 5.41) is 0. The molecule has 1 N–H and O–H groups in total. The van der Waals surface area contributed by atoms with E-state index >= 15 is 0 Å². The minimum atomic E-state index is -2.62. The first-order valence-electron chi connectivity index (χ1n) is 3.32. The van der Waals surface area contributed by atoms with Crippen molar-refractivity contribution in [3.63, 3.8) is 0 Å². The summed E-state index contributed by atoms with van der Waals surface area (Å²) in [5.74, 6) is -0.392. The largest absolute Gasteiger partial charge is 0.334 e. The molecule has 2 heterocycles. The molecule has 0 aliphatic heterocycles. The zero-order valence-corrected chi connectivity index (χ0v) is 7.72. The Balaban J connectivity index is 2.68. The van der Waals surface area contributed by atoms with Crippen LogP contribution in [-0.4, -0.2) is 19.9 Å². The Hall–Kier alpha value is -1.11. The van der Waals surface area contributed by atoms with Crippen molar-refractivity contribution in [3.05, 3.63) is 16.8 Å². The van der Waals surface area contributed by atoms with E-state index in [9.17, 15) is 8.78 Å². The minimum absolute atomic E-state index is 0.233. The highest BCUT2D eigenvalue weighted by Gasteiger charge is 2.14. The van der Waals surface area contributed by atoms with E-state index in [-0.39, 0.29) is 5.65 Å². The number of alkyl halides is 2. The fraction of sp³-hybridized carbons (Fsp3) is 0.167. The summed E-state index contributed by atoms with van der Waals surface area (Å²) in [7, 11) is 0. The molecular weight excluding hydrogens is 246 g/mol. The molecule has 0 amide bonds.